The van der Waals surface area contributed by atoms with Crippen LogP contribution >= 0.6 is 0 Å². The SMILES string of the molecule is CN=C(NCCc1cccc(C(=O)N(C)C)c1)NCC1CCN(C(=O)OC(C)(C)C)CC1. The zero-order chi connectivity index (χ0) is 23.7. The number of benzene rings is 1. The Kier molecular flexibility index (Phi) is 9.35. The number of guanidine groups is 1. The highest BCUT2D eigenvalue weighted by Crippen LogP contribution is 2.19. The standard InChI is InChI=1S/C24H39N5O3/c1-24(2,3)32-23(31)29-14-11-19(12-15-29)17-27-22(25-4)26-13-10-18-8-7-9-20(16-18)21(30)28(5)6/h7-9,16,19H,10-15,17H2,1-6H3,(H2,25,26,27). The zero-order valence-electron chi connectivity index (χ0n) is 20.4. The predicted molar refractivity (Wildman–Crippen MR) is 128 cm³/mol. The number of ether oxygens (including phenoxy) is 1. The summed E-state index contributed by atoms with van der Waals surface area (Å²) in [5, 5.41) is 6.74. The number of likely N-dealkylation sites (tertiary alicyclic amines) is 1. The molecule has 1 fully saturated rings. The summed E-state index contributed by atoms with van der Waals surface area (Å²) in [7, 11) is 5.28. The van der Waals surface area contributed by atoms with Gasteiger partial charge < -0.3 is 25.2 Å². The molecule has 178 valence electrons. The third-order valence-electron chi connectivity index (χ3n) is 5.33. The lowest BCUT2D eigenvalue weighted by atomic mass is 9.97. The minimum Gasteiger partial charge on any atom is -0.444 e. The summed E-state index contributed by atoms with van der Waals surface area (Å²) in [6, 6.07) is 7.73. The molecule has 1 aromatic carbocycles. The maximum atomic E-state index is 12.2. The molecule has 0 spiro atoms. The lowest BCUT2D eigenvalue weighted by Gasteiger charge is -2.33. The second-order valence-electron chi connectivity index (χ2n) is 9.44. The van der Waals surface area contributed by atoms with Gasteiger partial charge in [-0.2, -0.15) is 0 Å². The Hall–Kier alpha value is -2.77. The van der Waals surface area contributed by atoms with Crippen molar-refractivity contribution >= 4 is 18.0 Å². The fourth-order valence-electron chi connectivity index (χ4n) is 3.55. The molecule has 2 rings (SSSR count). The summed E-state index contributed by atoms with van der Waals surface area (Å²) >= 11 is 0. The summed E-state index contributed by atoms with van der Waals surface area (Å²) in [6.07, 6.45) is 2.45. The molecule has 1 aromatic rings. The topological polar surface area (TPSA) is 86.3 Å². The lowest BCUT2D eigenvalue weighted by molar-refractivity contribution is 0.0185. The van der Waals surface area contributed by atoms with Crippen LogP contribution in [0.1, 0.15) is 49.5 Å². The minimum absolute atomic E-state index is 0.00926. The first-order chi connectivity index (χ1) is 15.1. The van der Waals surface area contributed by atoms with Crippen LogP contribution in [0.3, 0.4) is 0 Å². The molecule has 1 heterocycles. The molecule has 2 amide bonds. The van der Waals surface area contributed by atoms with Gasteiger partial charge in [0.15, 0.2) is 5.96 Å². The molecule has 0 saturated carbocycles. The van der Waals surface area contributed by atoms with Crippen molar-refractivity contribution in [2.24, 2.45) is 10.9 Å². The molecule has 1 aliphatic heterocycles. The first kappa shape index (κ1) is 25.5. The quantitative estimate of drug-likeness (QED) is 0.519. The van der Waals surface area contributed by atoms with Crippen molar-refractivity contribution in [3.63, 3.8) is 0 Å². The van der Waals surface area contributed by atoms with Gasteiger partial charge in [-0.25, -0.2) is 4.79 Å². The van der Waals surface area contributed by atoms with Gasteiger partial charge in [-0.05, 0) is 63.6 Å². The second kappa shape index (κ2) is 11.7. The maximum Gasteiger partial charge on any atom is 0.410 e. The number of aliphatic imine (C=N–C) groups is 1. The fourth-order valence-corrected chi connectivity index (χ4v) is 3.55. The molecule has 1 aliphatic rings. The van der Waals surface area contributed by atoms with Gasteiger partial charge in [0.2, 0.25) is 0 Å². The van der Waals surface area contributed by atoms with E-state index < -0.39 is 5.60 Å². The van der Waals surface area contributed by atoms with Crippen molar-refractivity contribution in [2.45, 2.75) is 45.6 Å². The van der Waals surface area contributed by atoms with Crippen molar-refractivity contribution in [2.75, 3.05) is 47.3 Å². The molecule has 2 N–H and O–H groups in total. The van der Waals surface area contributed by atoms with Gasteiger partial charge >= 0.3 is 6.09 Å². The number of rotatable bonds is 6. The van der Waals surface area contributed by atoms with Crippen LogP contribution in [-0.4, -0.2) is 80.7 Å². The van der Waals surface area contributed by atoms with Crippen LogP contribution in [0.4, 0.5) is 4.79 Å². The predicted octanol–water partition coefficient (Wildman–Crippen LogP) is 2.74. The molecule has 0 aliphatic carbocycles. The minimum atomic E-state index is -0.461. The summed E-state index contributed by atoms with van der Waals surface area (Å²) in [6.45, 7) is 8.64. The van der Waals surface area contributed by atoms with Crippen LogP contribution < -0.4 is 10.6 Å². The van der Waals surface area contributed by atoms with Crippen molar-refractivity contribution < 1.29 is 14.3 Å². The molecule has 0 atom stereocenters. The smallest absolute Gasteiger partial charge is 0.410 e. The molecule has 0 radical (unpaired) electrons. The van der Waals surface area contributed by atoms with E-state index in [1.54, 1.807) is 30.9 Å². The van der Waals surface area contributed by atoms with Crippen molar-refractivity contribution in [3.8, 4) is 0 Å². The first-order valence-corrected chi connectivity index (χ1v) is 11.3. The Morgan fingerprint density at radius 1 is 1.19 bits per heavy atom. The van der Waals surface area contributed by atoms with E-state index in [-0.39, 0.29) is 12.0 Å². The van der Waals surface area contributed by atoms with Crippen molar-refractivity contribution in [1.82, 2.24) is 20.4 Å². The Morgan fingerprint density at radius 3 is 2.47 bits per heavy atom. The molecule has 8 heteroatoms. The van der Waals surface area contributed by atoms with Crippen LogP contribution in [-0.2, 0) is 11.2 Å². The third kappa shape index (κ3) is 8.40. The Morgan fingerprint density at radius 2 is 1.88 bits per heavy atom. The molecule has 8 nitrogen and oxygen atoms in total. The van der Waals surface area contributed by atoms with E-state index in [1.807, 2.05) is 45.0 Å². The maximum absolute atomic E-state index is 12.2. The first-order valence-electron chi connectivity index (χ1n) is 11.3. The lowest BCUT2D eigenvalue weighted by Crippen LogP contribution is -2.45. The molecular weight excluding hydrogens is 406 g/mol. The number of hydrogen-bond donors (Lipinski definition) is 2. The van der Waals surface area contributed by atoms with E-state index in [9.17, 15) is 9.59 Å². The van der Waals surface area contributed by atoms with Gasteiger partial charge in [-0.3, -0.25) is 9.79 Å². The molecule has 1 saturated heterocycles. The molecule has 0 bridgehead atoms. The molecule has 0 aromatic heterocycles. The summed E-state index contributed by atoms with van der Waals surface area (Å²) < 4.78 is 5.46. The number of nitrogens with one attached hydrogen (secondary N) is 2. The van der Waals surface area contributed by atoms with E-state index >= 15 is 0 Å². The number of carbonyl (C=O) groups excluding carboxylic acids is 2. The Labute approximate surface area is 192 Å². The highest BCUT2D eigenvalue weighted by atomic mass is 16.6. The van der Waals surface area contributed by atoms with Gasteiger partial charge in [0.1, 0.15) is 5.60 Å². The summed E-state index contributed by atoms with van der Waals surface area (Å²) in [4.78, 5) is 32.0. The average molecular weight is 446 g/mol. The van der Waals surface area contributed by atoms with E-state index in [0.717, 1.165) is 57.0 Å². The third-order valence-corrected chi connectivity index (χ3v) is 5.33. The van der Waals surface area contributed by atoms with Gasteiger partial charge in [0.05, 0.1) is 0 Å². The Balaban J connectivity index is 1.72. The largest absolute Gasteiger partial charge is 0.444 e. The van der Waals surface area contributed by atoms with Gasteiger partial charge in [0, 0.05) is 52.9 Å². The Bertz CT molecular complexity index is 793. The normalized spacial score (nSPS) is 15.3. The zero-order valence-corrected chi connectivity index (χ0v) is 20.4. The van der Waals surface area contributed by atoms with Gasteiger partial charge in [0.25, 0.3) is 5.91 Å². The number of hydrogen-bond acceptors (Lipinski definition) is 4. The van der Waals surface area contributed by atoms with Crippen molar-refractivity contribution in [3.05, 3.63) is 35.4 Å². The van der Waals surface area contributed by atoms with Crippen LogP contribution in [0.15, 0.2) is 29.3 Å². The highest BCUT2D eigenvalue weighted by Gasteiger charge is 2.26. The number of amides is 2. The van der Waals surface area contributed by atoms with Gasteiger partial charge in [-0.1, -0.05) is 12.1 Å². The van der Waals surface area contributed by atoms with Crippen molar-refractivity contribution in [1.29, 1.82) is 0 Å². The van der Waals surface area contributed by atoms with E-state index in [1.165, 1.54) is 0 Å². The van der Waals surface area contributed by atoms with E-state index in [0.29, 0.717) is 11.5 Å². The molecule has 0 unspecified atom stereocenters. The van der Waals surface area contributed by atoms with E-state index in [2.05, 4.69) is 15.6 Å². The van der Waals surface area contributed by atoms with Crippen LogP contribution in [0.2, 0.25) is 0 Å². The second-order valence-corrected chi connectivity index (χ2v) is 9.44. The fraction of sp³-hybridized carbons (Fsp3) is 0.625. The summed E-state index contributed by atoms with van der Waals surface area (Å²) in [5.74, 6) is 1.26. The van der Waals surface area contributed by atoms with Crippen LogP contribution in [0, 0.1) is 5.92 Å². The molecular formula is C24H39N5O3. The summed E-state index contributed by atoms with van der Waals surface area (Å²) in [5.41, 5.74) is 1.35. The molecule has 32 heavy (non-hydrogen) atoms. The van der Waals surface area contributed by atoms with E-state index in [4.69, 9.17) is 4.74 Å². The monoisotopic (exact) mass is 445 g/mol. The number of carbonyl (C=O) groups is 2. The van der Waals surface area contributed by atoms with Gasteiger partial charge in [-0.15, -0.1) is 0 Å². The number of nitrogens with zero attached hydrogens (tertiary/aromatic N) is 3. The number of piperidine rings is 1. The highest BCUT2D eigenvalue weighted by molar-refractivity contribution is 5.94. The van der Waals surface area contributed by atoms with Crippen LogP contribution in [0.25, 0.3) is 0 Å². The van der Waals surface area contributed by atoms with Crippen LogP contribution in [0.5, 0.6) is 0 Å². The average Bonchev–Trinajstić information content (AvgIpc) is 2.74.